The summed E-state index contributed by atoms with van der Waals surface area (Å²) in [4.78, 5) is 2.62. The third kappa shape index (κ3) is 4.62. The average molecular weight is 453 g/mol. The summed E-state index contributed by atoms with van der Waals surface area (Å²) in [6, 6.07) is 16.7. The summed E-state index contributed by atoms with van der Waals surface area (Å²) >= 11 is 2.05. The van der Waals surface area contributed by atoms with Gasteiger partial charge in [-0.25, -0.2) is 9.07 Å². The highest BCUT2D eigenvalue weighted by atomic mass is 32.2. The quantitative estimate of drug-likeness (QED) is 0.588. The van der Waals surface area contributed by atoms with Crippen LogP contribution in [0.5, 0.6) is 0 Å². The molecule has 0 bridgehead atoms. The van der Waals surface area contributed by atoms with E-state index < -0.39 is 0 Å². The molecule has 1 unspecified atom stereocenters. The molecule has 168 valence electrons. The summed E-state index contributed by atoms with van der Waals surface area (Å²) in [5, 5.41) is 8.61. The van der Waals surface area contributed by atoms with Gasteiger partial charge in [0.1, 0.15) is 5.82 Å². The molecule has 3 heterocycles. The summed E-state index contributed by atoms with van der Waals surface area (Å²) < 4.78 is 21.0. The van der Waals surface area contributed by atoms with E-state index in [0.29, 0.717) is 0 Å². The molecular weight excluding hydrogens is 423 g/mol. The van der Waals surface area contributed by atoms with Crippen LogP contribution in [0.15, 0.2) is 60.8 Å². The van der Waals surface area contributed by atoms with E-state index in [1.165, 1.54) is 24.3 Å². The SMILES string of the molecule is Fc1ccc(-c2nn(-c3ccccc3)cc2CNCC2(N3CCOCC3)CCSC2)cc1. The molecule has 5 nitrogen and oxygen atoms in total. The number of hydrogen-bond acceptors (Lipinski definition) is 5. The second-order valence-electron chi connectivity index (χ2n) is 8.52. The first-order valence-electron chi connectivity index (χ1n) is 11.2. The van der Waals surface area contributed by atoms with Crippen molar-refractivity contribution in [3.05, 3.63) is 72.2 Å². The number of ether oxygens (including phenoxy) is 1. The van der Waals surface area contributed by atoms with Gasteiger partial charge in [0.2, 0.25) is 0 Å². The van der Waals surface area contributed by atoms with Crippen molar-refractivity contribution in [1.29, 1.82) is 0 Å². The molecule has 7 heteroatoms. The molecule has 1 atom stereocenters. The Morgan fingerprint density at radius 2 is 1.84 bits per heavy atom. The first-order chi connectivity index (χ1) is 15.7. The number of rotatable bonds is 7. The molecule has 2 saturated heterocycles. The topological polar surface area (TPSA) is 42.3 Å². The zero-order valence-electron chi connectivity index (χ0n) is 18.2. The molecule has 0 spiro atoms. The number of hydrogen-bond donors (Lipinski definition) is 1. The molecule has 2 aliphatic heterocycles. The fraction of sp³-hybridized carbons (Fsp3) is 0.400. The molecule has 5 rings (SSSR count). The van der Waals surface area contributed by atoms with Crippen molar-refractivity contribution < 1.29 is 9.13 Å². The molecule has 3 aromatic rings. The van der Waals surface area contributed by atoms with Crippen LogP contribution < -0.4 is 5.32 Å². The number of halogens is 1. The van der Waals surface area contributed by atoms with Crippen LogP contribution in [0.1, 0.15) is 12.0 Å². The molecule has 2 aliphatic rings. The Kier molecular flexibility index (Phi) is 6.59. The van der Waals surface area contributed by atoms with E-state index in [1.807, 2.05) is 46.8 Å². The molecular formula is C25H29FN4OS. The average Bonchev–Trinajstić information content (AvgIpc) is 3.49. The van der Waals surface area contributed by atoms with Crippen molar-refractivity contribution in [1.82, 2.24) is 20.0 Å². The van der Waals surface area contributed by atoms with Crippen LogP contribution in [0.3, 0.4) is 0 Å². The first kappa shape index (κ1) is 21.6. The third-order valence-corrected chi connectivity index (χ3v) is 7.70. The highest BCUT2D eigenvalue weighted by Gasteiger charge is 2.40. The van der Waals surface area contributed by atoms with E-state index in [9.17, 15) is 4.39 Å². The van der Waals surface area contributed by atoms with Crippen LogP contribution in [0, 0.1) is 5.82 Å². The fourth-order valence-electron chi connectivity index (χ4n) is 4.67. The summed E-state index contributed by atoms with van der Waals surface area (Å²) in [5.41, 5.74) is 4.14. The molecule has 2 aromatic carbocycles. The minimum Gasteiger partial charge on any atom is -0.379 e. The monoisotopic (exact) mass is 452 g/mol. The van der Waals surface area contributed by atoms with Crippen LogP contribution in [0.2, 0.25) is 0 Å². The Hall–Kier alpha value is -2.19. The smallest absolute Gasteiger partial charge is 0.123 e. The molecule has 32 heavy (non-hydrogen) atoms. The first-order valence-corrected chi connectivity index (χ1v) is 12.4. The molecule has 0 aliphatic carbocycles. The molecule has 0 amide bonds. The van der Waals surface area contributed by atoms with Gasteiger partial charge in [-0.3, -0.25) is 4.90 Å². The zero-order chi connectivity index (χ0) is 21.8. The van der Waals surface area contributed by atoms with Crippen molar-refractivity contribution in [2.45, 2.75) is 18.5 Å². The highest BCUT2D eigenvalue weighted by molar-refractivity contribution is 7.99. The second kappa shape index (κ2) is 9.75. The number of nitrogens with zero attached hydrogens (tertiary/aromatic N) is 3. The number of morpholine rings is 1. The lowest BCUT2D eigenvalue weighted by molar-refractivity contribution is -0.0134. The fourth-order valence-corrected chi connectivity index (χ4v) is 6.15. The van der Waals surface area contributed by atoms with E-state index in [0.717, 1.165) is 67.7 Å². The molecule has 0 radical (unpaired) electrons. The van der Waals surface area contributed by atoms with Crippen molar-refractivity contribution in [3.8, 4) is 16.9 Å². The lowest BCUT2D eigenvalue weighted by Gasteiger charge is -2.43. The van der Waals surface area contributed by atoms with Gasteiger partial charge >= 0.3 is 0 Å². The van der Waals surface area contributed by atoms with Gasteiger partial charge in [-0.2, -0.15) is 16.9 Å². The number of aromatic nitrogens is 2. The van der Waals surface area contributed by atoms with Crippen LogP contribution in [-0.4, -0.2) is 64.6 Å². The van der Waals surface area contributed by atoms with Gasteiger partial charge in [-0.05, 0) is 48.6 Å². The minimum absolute atomic E-state index is 0.194. The van der Waals surface area contributed by atoms with Gasteiger partial charge in [-0.15, -0.1) is 0 Å². The molecule has 2 fully saturated rings. The lowest BCUT2D eigenvalue weighted by Crippen LogP contribution is -2.58. The zero-order valence-corrected chi connectivity index (χ0v) is 19.0. The summed E-state index contributed by atoms with van der Waals surface area (Å²) in [6.45, 7) is 5.33. The van der Waals surface area contributed by atoms with E-state index in [1.54, 1.807) is 12.1 Å². The largest absolute Gasteiger partial charge is 0.379 e. The van der Waals surface area contributed by atoms with Crippen LogP contribution >= 0.6 is 11.8 Å². The number of benzene rings is 2. The second-order valence-corrected chi connectivity index (χ2v) is 9.63. The van der Waals surface area contributed by atoms with Crippen LogP contribution in [-0.2, 0) is 11.3 Å². The lowest BCUT2D eigenvalue weighted by atomic mass is 9.95. The van der Waals surface area contributed by atoms with E-state index in [-0.39, 0.29) is 11.4 Å². The third-order valence-electron chi connectivity index (χ3n) is 6.46. The van der Waals surface area contributed by atoms with E-state index in [2.05, 4.69) is 16.4 Å². The number of nitrogens with one attached hydrogen (secondary N) is 1. The Balaban J connectivity index is 1.37. The standard InChI is InChI=1S/C25H29FN4OS/c26-22-8-6-20(7-9-22)24-21(17-30(28-24)23-4-2-1-3-5-23)16-27-18-25(10-15-32-19-25)29-11-13-31-14-12-29/h1-9,17,27H,10-16,18-19H2. The Morgan fingerprint density at radius 1 is 1.06 bits per heavy atom. The maximum atomic E-state index is 13.5. The summed E-state index contributed by atoms with van der Waals surface area (Å²) in [7, 11) is 0. The summed E-state index contributed by atoms with van der Waals surface area (Å²) in [5.74, 6) is 2.14. The molecule has 1 N–H and O–H groups in total. The molecule has 0 saturated carbocycles. The van der Waals surface area contributed by atoms with Crippen LogP contribution in [0.25, 0.3) is 16.9 Å². The van der Waals surface area contributed by atoms with E-state index in [4.69, 9.17) is 9.84 Å². The van der Waals surface area contributed by atoms with Gasteiger partial charge < -0.3 is 10.1 Å². The Labute approximate surface area is 193 Å². The van der Waals surface area contributed by atoms with Gasteiger partial charge in [-0.1, -0.05) is 18.2 Å². The minimum atomic E-state index is -0.234. The Bertz CT molecular complexity index is 1010. The van der Waals surface area contributed by atoms with E-state index >= 15 is 0 Å². The maximum absolute atomic E-state index is 13.5. The van der Waals surface area contributed by atoms with Gasteiger partial charge in [0.15, 0.2) is 0 Å². The van der Waals surface area contributed by atoms with Gasteiger partial charge in [0, 0.05) is 54.8 Å². The van der Waals surface area contributed by atoms with Gasteiger partial charge in [0.25, 0.3) is 0 Å². The molecule has 1 aromatic heterocycles. The van der Waals surface area contributed by atoms with Crippen molar-refractivity contribution in [2.24, 2.45) is 0 Å². The van der Waals surface area contributed by atoms with Gasteiger partial charge in [0.05, 0.1) is 24.6 Å². The Morgan fingerprint density at radius 3 is 2.56 bits per heavy atom. The summed E-state index contributed by atoms with van der Waals surface area (Å²) in [6.07, 6.45) is 3.30. The maximum Gasteiger partial charge on any atom is 0.123 e. The van der Waals surface area contributed by atoms with Crippen LogP contribution in [0.4, 0.5) is 4.39 Å². The predicted octanol–water partition coefficient (Wildman–Crippen LogP) is 3.98. The predicted molar refractivity (Wildman–Crippen MR) is 128 cm³/mol. The van der Waals surface area contributed by atoms with Crippen molar-refractivity contribution in [3.63, 3.8) is 0 Å². The number of para-hydroxylation sites is 1. The van der Waals surface area contributed by atoms with Crippen molar-refractivity contribution >= 4 is 11.8 Å². The number of thioether (sulfide) groups is 1. The van der Waals surface area contributed by atoms with Crippen molar-refractivity contribution in [2.75, 3.05) is 44.4 Å². The normalized spacial score (nSPS) is 21.8. The highest BCUT2D eigenvalue weighted by Crippen LogP contribution is 2.34.